The van der Waals surface area contributed by atoms with E-state index in [1.54, 1.807) is 6.20 Å². The SMILES string of the molecule is CCCc1nc(CC(C)C)nn1Cc1ccc(-c2cnccc2-c2nn[nH]n2)cc1. The molecule has 3 aromatic heterocycles. The van der Waals surface area contributed by atoms with Crippen molar-refractivity contribution in [1.82, 2.24) is 40.4 Å². The first kappa shape index (κ1) is 19.9. The zero-order chi connectivity index (χ0) is 20.9. The number of aromatic nitrogens is 8. The summed E-state index contributed by atoms with van der Waals surface area (Å²) in [5.74, 6) is 3.09. The van der Waals surface area contributed by atoms with Gasteiger partial charge in [0.2, 0.25) is 5.82 Å². The molecular formula is C22H26N8. The molecule has 154 valence electrons. The van der Waals surface area contributed by atoms with Gasteiger partial charge in [0.05, 0.1) is 6.54 Å². The van der Waals surface area contributed by atoms with Crippen molar-refractivity contribution in [3.63, 3.8) is 0 Å². The predicted octanol–water partition coefficient (Wildman–Crippen LogP) is 3.72. The Morgan fingerprint density at radius 2 is 1.90 bits per heavy atom. The van der Waals surface area contributed by atoms with Gasteiger partial charge in [-0.25, -0.2) is 9.67 Å². The fourth-order valence-corrected chi connectivity index (χ4v) is 3.47. The quantitative estimate of drug-likeness (QED) is 0.482. The zero-order valence-electron chi connectivity index (χ0n) is 17.6. The summed E-state index contributed by atoms with van der Waals surface area (Å²) in [5, 5.41) is 19.1. The largest absolute Gasteiger partial charge is 0.264 e. The van der Waals surface area contributed by atoms with Crippen LogP contribution in [-0.2, 0) is 19.4 Å². The lowest BCUT2D eigenvalue weighted by Crippen LogP contribution is -2.07. The van der Waals surface area contributed by atoms with Gasteiger partial charge in [0.1, 0.15) is 5.82 Å². The molecule has 0 atom stereocenters. The Labute approximate surface area is 175 Å². The van der Waals surface area contributed by atoms with Crippen LogP contribution in [0.5, 0.6) is 0 Å². The third kappa shape index (κ3) is 4.42. The number of benzene rings is 1. The normalized spacial score (nSPS) is 11.3. The fourth-order valence-electron chi connectivity index (χ4n) is 3.47. The summed E-state index contributed by atoms with van der Waals surface area (Å²) in [4.78, 5) is 9.03. The van der Waals surface area contributed by atoms with E-state index in [1.165, 1.54) is 5.56 Å². The van der Waals surface area contributed by atoms with Crippen LogP contribution in [0.2, 0.25) is 0 Å². The highest BCUT2D eigenvalue weighted by molar-refractivity contribution is 5.79. The summed E-state index contributed by atoms with van der Waals surface area (Å²) in [6, 6.07) is 10.4. The van der Waals surface area contributed by atoms with Crippen molar-refractivity contribution in [2.24, 2.45) is 5.92 Å². The van der Waals surface area contributed by atoms with E-state index in [4.69, 9.17) is 10.1 Å². The van der Waals surface area contributed by atoms with E-state index < -0.39 is 0 Å². The Bertz CT molecular complexity index is 1080. The summed E-state index contributed by atoms with van der Waals surface area (Å²) >= 11 is 0. The first-order valence-electron chi connectivity index (χ1n) is 10.3. The molecule has 0 aliphatic heterocycles. The Kier molecular flexibility index (Phi) is 5.92. The van der Waals surface area contributed by atoms with Gasteiger partial charge in [-0.3, -0.25) is 4.98 Å². The van der Waals surface area contributed by atoms with Crippen LogP contribution in [-0.4, -0.2) is 40.4 Å². The average molecular weight is 403 g/mol. The summed E-state index contributed by atoms with van der Waals surface area (Å²) < 4.78 is 2.05. The minimum absolute atomic E-state index is 0.544. The maximum atomic E-state index is 4.76. The maximum Gasteiger partial charge on any atom is 0.205 e. The second-order valence-corrected chi connectivity index (χ2v) is 7.80. The third-order valence-electron chi connectivity index (χ3n) is 4.86. The number of H-pyrrole nitrogens is 1. The second-order valence-electron chi connectivity index (χ2n) is 7.80. The number of aryl methyl sites for hydroxylation is 1. The van der Waals surface area contributed by atoms with Crippen molar-refractivity contribution in [2.45, 2.75) is 46.6 Å². The molecular weight excluding hydrogens is 376 g/mol. The van der Waals surface area contributed by atoms with Gasteiger partial charge in [-0.05, 0) is 34.7 Å². The maximum absolute atomic E-state index is 4.76. The lowest BCUT2D eigenvalue weighted by molar-refractivity contribution is 0.595. The standard InChI is InChI=1S/C22H26N8/c1-4-5-21-24-20(12-15(2)3)27-30(21)14-16-6-8-17(9-7-16)19-13-23-11-10-18(19)22-25-28-29-26-22/h6-11,13,15H,4-5,12,14H2,1-3H3,(H,25,26,28,29). The van der Waals surface area contributed by atoms with Crippen LogP contribution >= 0.6 is 0 Å². The van der Waals surface area contributed by atoms with Gasteiger partial charge in [0.25, 0.3) is 0 Å². The lowest BCUT2D eigenvalue weighted by Gasteiger charge is -2.09. The van der Waals surface area contributed by atoms with Gasteiger partial charge in [-0.15, -0.1) is 10.2 Å². The molecule has 0 bridgehead atoms. The molecule has 0 aliphatic rings. The van der Waals surface area contributed by atoms with E-state index in [0.29, 0.717) is 18.3 Å². The van der Waals surface area contributed by atoms with E-state index >= 15 is 0 Å². The minimum atomic E-state index is 0.544. The van der Waals surface area contributed by atoms with Crippen LogP contribution in [0.1, 0.15) is 44.4 Å². The van der Waals surface area contributed by atoms with Crippen molar-refractivity contribution in [1.29, 1.82) is 0 Å². The van der Waals surface area contributed by atoms with Gasteiger partial charge in [0, 0.05) is 36.4 Å². The van der Waals surface area contributed by atoms with Crippen LogP contribution in [0.25, 0.3) is 22.5 Å². The monoisotopic (exact) mass is 402 g/mol. The van der Waals surface area contributed by atoms with Gasteiger partial charge in [-0.2, -0.15) is 10.3 Å². The Balaban J connectivity index is 1.58. The molecule has 8 nitrogen and oxygen atoms in total. The summed E-state index contributed by atoms with van der Waals surface area (Å²) in [7, 11) is 0. The molecule has 0 aliphatic carbocycles. The van der Waals surface area contributed by atoms with Crippen LogP contribution in [0, 0.1) is 5.92 Å². The van der Waals surface area contributed by atoms with Crippen LogP contribution < -0.4 is 0 Å². The molecule has 0 radical (unpaired) electrons. The molecule has 8 heteroatoms. The van der Waals surface area contributed by atoms with E-state index in [2.05, 4.69) is 70.6 Å². The molecule has 0 amide bonds. The van der Waals surface area contributed by atoms with Crippen LogP contribution in [0.15, 0.2) is 42.7 Å². The molecule has 3 heterocycles. The smallest absolute Gasteiger partial charge is 0.205 e. The topological polar surface area (TPSA) is 98.1 Å². The highest BCUT2D eigenvalue weighted by Crippen LogP contribution is 2.29. The van der Waals surface area contributed by atoms with Crippen molar-refractivity contribution in [3.05, 3.63) is 59.9 Å². The molecule has 0 saturated carbocycles. The highest BCUT2D eigenvalue weighted by atomic mass is 15.5. The van der Waals surface area contributed by atoms with E-state index in [1.807, 2.05) is 16.9 Å². The molecule has 4 rings (SSSR count). The van der Waals surface area contributed by atoms with E-state index in [9.17, 15) is 0 Å². The number of hydrogen-bond donors (Lipinski definition) is 1. The molecule has 0 fully saturated rings. The van der Waals surface area contributed by atoms with Crippen molar-refractivity contribution < 1.29 is 0 Å². The van der Waals surface area contributed by atoms with Crippen LogP contribution in [0.3, 0.4) is 0 Å². The van der Waals surface area contributed by atoms with Crippen LogP contribution in [0.4, 0.5) is 0 Å². The average Bonchev–Trinajstić information content (AvgIpc) is 3.39. The molecule has 0 spiro atoms. The van der Waals surface area contributed by atoms with E-state index in [0.717, 1.165) is 47.6 Å². The fraction of sp³-hybridized carbons (Fsp3) is 0.364. The number of hydrogen-bond acceptors (Lipinski definition) is 6. The second kappa shape index (κ2) is 8.94. The molecule has 4 aromatic rings. The van der Waals surface area contributed by atoms with Gasteiger partial charge < -0.3 is 0 Å². The predicted molar refractivity (Wildman–Crippen MR) is 115 cm³/mol. The number of nitrogens with one attached hydrogen (secondary N) is 1. The number of aromatic amines is 1. The number of rotatable bonds is 8. The number of tetrazole rings is 1. The molecule has 0 unspecified atom stereocenters. The lowest BCUT2D eigenvalue weighted by atomic mass is 10.0. The van der Waals surface area contributed by atoms with Crippen molar-refractivity contribution >= 4 is 0 Å². The van der Waals surface area contributed by atoms with Gasteiger partial charge in [0.15, 0.2) is 5.82 Å². The molecule has 1 N–H and O–H groups in total. The summed E-state index contributed by atoms with van der Waals surface area (Å²) in [5.41, 5.74) is 4.10. The van der Waals surface area contributed by atoms with E-state index in [-0.39, 0.29) is 0 Å². The third-order valence-corrected chi connectivity index (χ3v) is 4.86. The minimum Gasteiger partial charge on any atom is -0.264 e. The first-order chi connectivity index (χ1) is 14.6. The molecule has 1 aromatic carbocycles. The Morgan fingerprint density at radius 3 is 2.60 bits per heavy atom. The summed E-state index contributed by atoms with van der Waals surface area (Å²) in [6.45, 7) is 7.27. The van der Waals surface area contributed by atoms with Gasteiger partial charge >= 0.3 is 0 Å². The molecule has 30 heavy (non-hydrogen) atoms. The zero-order valence-corrected chi connectivity index (χ0v) is 17.6. The Hall–Kier alpha value is -3.42. The Morgan fingerprint density at radius 1 is 1.07 bits per heavy atom. The first-order valence-corrected chi connectivity index (χ1v) is 10.3. The van der Waals surface area contributed by atoms with Crippen molar-refractivity contribution in [2.75, 3.05) is 0 Å². The summed E-state index contributed by atoms with van der Waals surface area (Å²) in [6.07, 6.45) is 6.46. The highest BCUT2D eigenvalue weighted by Gasteiger charge is 2.13. The number of nitrogens with zero attached hydrogens (tertiary/aromatic N) is 7. The molecule has 0 saturated heterocycles. The van der Waals surface area contributed by atoms with Gasteiger partial charge in [-0.1, -0.05) is 45.0 Å². The number of pyridine rings is 1. The van der Waals surface area contributed by atoms with Crippen molar-refractivity contribution in [3.8, 4) is 22.5 Å².